The summed E-state index contributed by atoms with van der Waals surface area (Å²) in [5.41, 5.74) is 1.08. The Hall–Kier alpha value is -2.58. The van der Waals surface area contributed by atoms with Gasteiger partial charge in [-0.2, -0.15) is 4.98 Å². The first kappa shape index (κ1) is 16.3. The summed E-state index contributed by atoms with van der Waals surface area (Å²) >= 11 is 5.59. The zero-order valence-corrected chi connectivity index (χ0v) is 13.3. The smallest absolute Gasteiger partial charge is 0.291 e. The molecule has 7 nitrogen and oxygen atoms in total. The minimum atomic E-state index is -1.09. The molecule has 1 unspecified atom stereocenters. The summed E-state index contributed by atoms with van der Waals surface area (Å²) in [5.74, 6) is -0.955. The van der Waals surface area contributed by atoms with Crippen molar-refractivity contribution in [1.29, 1.82) is 0 Å². The minimum Gasteiger partial charge on any atom is -0.387 e. The van der Waals surface area contributed by atoms with Crippen molar-refractivity contribution in [2.75, 3.05) is 6.54 Å². The molecule has 1 atom stereocenters. The zero-order chi connectivity index (χ0) is 17.3. The average molecular weight is 350 g/mol. The van der Waals surface area contributed by atoms with E-state index in [4.69, 9.17) is 11.6 Å². The number of carbonyl (C=O) groups excluding carboxylic acids is 1. The van der Waals surface area contributed by atoms with E-state index in [1.54, 1.807) is 12.3 Å². The van der Waals surface area contributed by atoms with Gasteiger partial charge in [0.15, 0.2) is 0 Å². The van der Waals surface area contributed by atoms with Crippen molar-refractivity contribution in [1.82, 2.24) is 24.9 Å². The summed E-state index contributed by atoms with van der Waals surface area (Å²) in [6.45, 7) is 1.69. The van der Waals surface area contributed by atoms with Gasteiger partial charge in [0, 0.05) is 18.4 Å². The van der Waals surface area contributed by atoms with Crippen LogP contribution in [0.25, 0.3) is 5.78 Å². The highest BCUT2D eigenvalue weighted by molar-refractivity contribution is 6.30. The van der Waals surface area contributed by atoms with E-state index in [1.807, 2.05) is 6.92 Å². The van der Waals surface area contributed by atoms with E-state index in [0.29, 0.717) is 11.3 Å². The first-order valence-corrected chi connectivity index (χ1v) is 7.43. The van der Waals surface area contributed by atoms with Crippen LogP contribution in [0.5, 0.6) is 0 Å². The number of amides is 1. The second kappa shape index (κ2) is 6.50. The molecule has 2 N–H and O–H groups in total. The summed E-state index contributed by atoms with van der Waals surface area (Å²) < 4.78 is 14.8. The fourth-order valence-electron chi connectivity index (χ4n) is 2.11. The number of aromatic nitrogens is 4. The van der Waals surface area contributed by atoms with Crippen LogP contribution in [0.3, 0.4) is 0 Å². The van der Waals surface area contributed by atoms with Crippen molar-refractivity contribution < 1.29 is 14.3 Å². The SMILES string of the molecule is Cc1ccnc2nc(C(=O)NCC(O)c3ccc(Cl)c(F)c3)nn12. The molecule has 2 heterocycles. The molecule has 9 heteroatoms. The lowest BCUT2D eigenvalue weighted by Gasteiger charge is -2.11. The molecule has 0 saturated heterocycles. The maximum Gasteiger partial charge on any atom is 0.291 e. The van der Waals surface area contributed by atoms with Crippen molar-refractivity contribution in [2.45, 2.75) is 13.0 Å². The number of carbonyl (C=O) groups is 1. The third-order valence-electron chi connectivity index (χ3n) is 3.42. The first-order valence-electron chi connectivity index (χ1n) is 7.05. The third kappa shape index (κ3) is 3.19. The molecule has 2 aromatic heterocycles. The Kier molecular flexibility index (Phi) is 4.41. The highest BCUT2D eigenvalue weighted by Gasteiger charge is 2.17. The van der Waals surface area contributed by atoms with Crippen LogP contribution in [0.2, 0.25) is 5.02 Å². The van der Waals surface area contributed by atoms with Gasteiger partial charge in [0.25, 0.3) is 11.7 Å². The fourth-order valence-corrected chi connectivity index (χ4v) is 2.23. The van der Waals surface area contributed by atoms with Crippen molar-refractivity contribution in [3.05, 3.63) is 58.4 Å². The second-order valence-corrected chi connectivity index (χ2v) is 5.54. The van der Waals surface area contributed by atoms with Crippen molar-refractivity contribution >= 4 is 23.3 Å². The molecule has 0 aliphatic heterocycles. The lowest BCUT2D eigenvalue weighted by Crippen LogP contribution is -2.29. The molecule has 0 fully saturated rings. The molecule has 3 rings (SSSR count). The van der Waals surface area contributed by atoms with E-state index >= 15 is 0 Å². The van der Waals surface area contributed by atoms with Gasteiger partial charge >= 0.3 is 0 Å². The van der Waals surface area contributed by atoms with Gasteiger partial charge in [0.05, 0.1) is 11.1 Å². The normalized spacial score (nSPS) is 12.3. The molecular formula is C15H13ClFN5O2. The van der Waals surface area contributed by atoms with Crippen molar-refractivity contribution in [2.24, 2.45) is 0 Å². The van der Waals surface area contributed by atoms with Gasteiger partial charge in [-0.3, -0.25) is 4.79 Å². The minimum absolute atomic E-state index is 0.0354. The van der Waals surface area contributed by atoms with E-state index in [1.165, 1.54) is 16.6 Å². The van der Waals surface area contributed by atoms with Crippen LogP contribution in [-0.4, -0.2) is 37.1 Å². The lowest BCUT2D eigenvalue weighted by molar-refractivity contribution is 0.0906. The van der Waals surface area contributed by atoms with E-state index in [9.17, 15) is 14.3 Å². The summed E-state index contributed by atoms with van der Waals surface area (Å²) in [5, 5.41) is 16.6. The van der Waals surface area contributed by atoms with E-state index in [-0.39, 0.29) is 17.4 Å². The van der Waals surface area contributed by atoms with Gasteiger partial charge in [-0.1, -0.05) is 17.7 Å². The predicted octanol–water partition coefficient (Wildman–Crippen LogP) is 1.69. The zero-order valence-electron chi connectivity index (χ0n) is 12.6. The predicted molar refractivity (Wildman–Crippen MR) is 84.2 cm³/mol. The van der Waals surface area contributed by atoms with Crippen molar-refractivity contribution in [3.63, 3.8) is 0 Å². The van der Waals surface area contributed by atoms with Crippen LogP contribution >= 0.6 is 11.6 Å². The molecule has 0 aliphatic rings. The molecule has 24 heavy (non-hydrogen) atoms. The summed E-state index contributed by atoms with van der Waals surface area (Å²) in [6, 6.07) is 5.69. The van der Waals surface area contributed by atoms with Gasteiger partial charge in [0.1, 0.15) is 5.82 Å². The molecule has 124 valence electrons. The number of rotatable bonds is 4. The van der Waals surface area contributed by atoms with E-state index in [2.05, 4.69) is 20.4 Å². The monoisotopic (exact) mass is 349 g/mol. The van der Waals surface area contributed by atoms with E-state index < -0.39 is 17.8 Å². The number of nitrogens with zero attached hydrogens (tertiary/aromatic N) is 4. The molecular weight excluding hydrogens is 337 g/mol. The largest absolute Gasteiger partial charge is 0.387 e. The first-order chi connectivity index (χ1) is 11.5. The quantitative estimate of drug-likeness (QED) is 0.747. The number of aryl methyl sites for hydroxylation is 1. The average Bonchev–Trinajstić information content (AvgIpc) is 3.00. The number of halogens is 2. The number of nitrogens with one attached hydrogen (secondary N) is 1. The van der Waals surface area contributed by atoms with Gasteiger partial charge in [-0.25, -0.2) is 13.9 Å². The second-order valence-electron chi connectivity index (χ2n) is 5.13. The Morgan fingerprint density at radius 2 is 2.25 bits per heavy atom. The maximum atomic E-state index is 13.4. The third-order valence-corrected chi connectivity index (χ3v) is 3.72. The highest BCUT2D eigenvalue weighted by Crippen LogP contribution is 2.19. The topological polar surface area (TPSA) is 92.4 Å². The Bertz CT molecular complexity index is 914. The van der Waals surface area contributed by atoms with Crippen LogP contribution in [-0.2, 0) is 0 Å². The number of hydrogen-bond donors (Lipinski definition) is 2. The maximum absolute atomic E-state index is 13.4. The Labute approximate surface area is 141 Å². The Morgan fingerprint density at radius 1 is 1.46 bits per heavy atom. The van der Waals surface area contributed by atoms with Crippen LogP contribution in [0.1, 0.15) is 28.0 Å². The van der Waals surface area contributed by atoms with Gasteiger partial charge in [0.2, 0.25) is 5.82 Å². The summed E-state index contributed by atoms with van der Waals surface area (Å²) in [7, 11) is 0. The molecule has 0 radical (unpaired) electrons. The Morgan fingerprint density at radius 3 is 2.96 bits per heavy atom. The molecule has 0 bridgehead atoms. The van der Waals surface area contributed by atoms with Gasteiger partial charge in [-0.15, -0.1) is 5.10 Å². The molecule has 0 saturated carbocycles. The molecule has 0 spiro atoms. The molecule has 3 aromatic rings. The van der Waals surface area contributed by atoms with Gasteiger partial charge < -0.3 is 10.4 Å². The van der Waals surface area contributed by atoms with Crippen LogP contribution in [0, 0.1) is 12.7 Å². The van der Waals surface area contributed by atoms with Crippen LogP contribution in [0.15, 0.2) is 30.5 Å². The number of aliphatic hydroxyl groups excluding tert-OH is 1. The van der Waals surface area contributed by atoms with Gasteiger partial charge in [-0.05, 0) is 30.7 Å². The number of fused-ring (bicyclic) bond motifs is 1. The summed E-state index contributed by atoms with van der Waals surface area (Å²) in [6.07, 6.45) is 0.484. The fraction of sp³-hybridized carbons (Fsp3) is 0.200. The standard InChI is InChI=1S/C15H13ClFN5O2/c1-8-4-5-18-15-20-13(21-22(8)15)14(24)19-7-12(23)9-2-3-10(16)11(17)6-9/h2-6,12,23H,7H2,1H3,(H,19,24). The number of hydrogen-bond acceptors (Lipinski definition) is 5. The number of aliphatic hydroxyl groups is 1. The lowest BCUT2D eigenvalue weighted by atomic mass is 10.1. The summed E-state index contributed by atoms with van der Waals surface area (Å²) in [4.78, 5) is 20.1. The molecule has 1 aromatic carbocycles. The number of benzene rings is 1. The van der Waals surface area contributed by atoms with Crippen LogP contribution in [0.4, 0.5) is 4.39 Å². The highest BCUT2D eigenvalue weighted by atomic mass is 35.5. The molecule has 1 amide bonds. The van der Waals surface area contributed by atoms with Crippen LogP contribution < -0.4 is 5.32 Å². The van der Waals surface area contributed by atoms with Crippen molar-refractivity contribution in [3.8, 4) is 0 Å². The molecule has 0 aliphatic carbocycles. The Balaban J connectivity index is 1.69. The van der Waals surface area contributed by atoms with E-state index in [0.717, 1.165) is 11.8 Å².